The summed E-state index contributed by atoms with van der Waals surface area (Å²) in [5.74, 6) is 1.68. The number of hydrogen-bond acceptors (Lipinski definition) is 3. The lowest BCUT2D eigenvalue weighted by atomic mass is 9.94. The summed E-state index contributed by atoms with van der Waals surface area (Å²) in [6.45, 7) is 4.63. The van der Waals surface area contributed by atoms with Gasteiger partial charge in [-0.05, 0) is 43.9 Å². The molecule has 0 bridgehead atoms. The normalized spacial score (nSPS) is 22.4. The lowest BCUT2D eigenvalue weighted by Crippen LogP contribution is -2.35. The summed E-state index contributed by atoms with van der Waals surface area (Å²) in [7, 11) is 0. The average molecular weight is 296 g/mol. The number of fused-ring (bicyclic) bond motifs is 1. The predicted molar refractivity (Wildman–Crippen MR) is 81.1 cm³/mol. The van der Waals surface area contributed by atoms with Crippen LogP contribution in [-0.4, -0.2) is 25.8 Å². The molecule has 0 amide bonds. The first-order chi connectivity index (χ1) is 9.75. The standard InChI is InChI=1S/C16H22ClNO2/c1-11-13(9-12-5-2-3-6-18-12)14(17)10-15-16(11)20-8-4-7-19-15/h10,12,18H,2-9H2,1H3. The summed E-state index contributed by atoms with van der Waals surface area (Å²) < 4.78 is 11.6. The molecule has 0 radical (unpaired) electrons. The Labute approximate surface area is 125 Å². The minimum atomic E-state index is 0.532. The summed E-state index contributed by atoms with van der Waals surface area (Å²) in [4.78, 5) is 0. The molecule has 2 aliphatic rings. The highest BCUT2D eigenvalue weighted by molar-refractivity contribution is 6.31. The number of benzene rings is 1. The fourth-order valence-electron chi connectivity index (χ4n) is 3.07. The molecule has 1 aromatic carbocycles. The van der Waals surface area contributed by atoms with E-state index >= 15 is 0 Å². The molecular formula is C16H22ClNO2. The van der Waals surface area contributed by atoms with Crippen molar-refractivity contribution in [3.63, 3.8) is 0 Å². The SMILES string of the molecule is Cc1c(CC2CCCCN2)c(Cl)cc2c1OCCCO2. The van der Waals surface area contributed by atoms with Crippen molar-refractivity contribution in [2.75, 3.05) is 19.8 Å². The Hall–Kier alpha value is -0.930. The zero-order chi connectivity index (χ0) is 13.9. The number of rotatable bonds is 2. The number of halogens is 1. The van der Waals surface area contributed by atoms with Crippen LogP contribution < -0.4 is 14.8 Å². The zero-order valence-electron chi connectivity index (χ0n) is 12.0. The quantitative estimate of drug-likeness (QED) is 0.906. The molecule has 110 valence electrons. The van der Waals surface area contributed by atoms with E-state index in [1.54, 1.807) is 0 Å². The lowest BCUT2D eigenvalue weighted by Gasteiger charge is -2.25. The maximum Gasteiger partial charge on any atom is 0.164 e. The van der Waals surface area contributed by atoms with Crippen molar-refractivity contribution in [2.45, 2.75) is 45.1 Å². The van der Waals surface area contributed by atoms with Crippen LogP contribution in [0.5, 0.6) is 11.5 Å². The van der Waals surface area contributed by atoms with Gasteiger partial charge >= 0.3 is 0 Å². The second-order valence-corrected chi connectivity index (χ2v) is 6.10. The molecule has 1 atom stereocenters. The van der Waals surface area contributed by atoms with Gasteiger partial charge in [0.15, 0.2) is 11.5 Å². The van der Waals surface area contributed by atoms with Gasteiger partial charge in [-0.1, -0.05) is 18.0 Å². The monoisotopic (exact) mass is 295 g/mol. The van der Waals surface area contributed by atoms with Gasteiger partial charge in [-0.25, -0.2) is 0 Å². The molecule has 4 heteroatoms. The number of piperidine rings is 1. The maximum atomic E-state index is 6.48. The van der Waals surface area contributed by atoms with E-state index in [0.717, 1.165) is 48.1 Å². The van der Waals surface area contributed by atoms with Crippen molar-refractivity contribution in [2.24, 2.45) is 0 Å². The van der Waals surface area contributed by atoms with Gasteiger partial charge in [0.2, 0.25) is 0 Å². The number of ether oxygens (including phenoxy) is 2. The zero-order valence-corrected chi connectivity index (χ0v) is 12.8. The Morgan fingerprint density at radius 1 is 1.25 bits per heavy atom. The fourth-order valence-corrected chi connectivity index (χ4v) is 3.38. The van der Waals surface area contributed by atoms with Gasteiger partial charge in [-0.15, -0.1) is 0 Å². The Balaban J connectivity index is 1.88. The second-order valence-electron chi connectivity index (χ2n) is 5.69. The molecule has 0 saturated carbocycles. The van der Waals surface area contributed by atoms with Crippen LogP contribution >= 0.6 is 11.6 Å². The average Bonchev–Trinajstić information content (AvgIpc) is 2.70. The molecular weight excluding hydrogens is 274 g/mol. The van der Waals surface area contributed by atoms with Gasteiger partial charge in [0, 0.05) is 23.6 Å². The number of hydrogen-bond donors (Lipinski definition) is 1. The van der Waals surface area contributed by atoms with Crippen LogP contribution in [0.3, 0.4) is 0 Å². The fraction of sp³-hybridized carbons (Fsp3) is 0.625. The predicted octanol–water partition coefficient (Wildman–Crippen LogP) is 3.49. The van der Waals surface area contributed by atoms with Gasteiger partial charge in [-0.2, -0.15) is 0 Å². The topological polar surface area (TPSA) is 30.5 Å². The van der Waals surface area contributed by atoms with Gasteiger partial charge < -0.3 is 14.8 Å². The van der Waals surface area contributed by atoms with E-state index in [9.17, 15) is 0 Å². The minimum Gasteiger partial charge on any atom is -0.489 e. The van der Waals surface area contributed by atoms with Crippen molar-refractivity contribution < 1.29 is 9.47 Å². The molecule has 2 aliphatic heterocycles. The van der Waals surface area contributed by atoms with Crippen molar-refractivity contribution >= 4 is 11.6 Å². The molecule has 1 saturated heterocycles. The molecule has 3 nitrogen and oxygen atoms in total. The van der Waals surface area contributed by atoms with Crippen LogP contribution in [0.25, 0.3) is 0 Å². The van der Waals surface area contributed by atoms with E-state index in [4.69, 9.17) is 21.1 Å². The molecule has 2 heterocycles. The summed E-state index contributed by atoms with van der Waals surface area (Å²) in [5, 5.41) is 4.39. The first-order valence-electron chi connectivity index (χ1n) is 7.56. The Morgan fingerprint density at radius 3 is 2.90 bits per heavy atom. The van der Waals surface area contributed by atoms with Crippen LogP contribution in [0.15, 0.2) is 6.07 Å². The molecule has 1 fully saturated rings. The third-order valence-corrected chi connectivity index (χ3v) is 4.56. The van der Waals surface area contributed by atoms with E-state index in [1.807, 2.05) is 6.07 Å². The molecule has 1 unspecified atom stereocenters. The minimum absolute atomic E-state index is 0.532. The van der Waals surface area contributed by atoms with E-state index in [0.29, 0.717) is 12.6 Å². The van der Waals surface area contributed by atoms with Crippen LogP contribution in [0.4, 0.5) is 0 Å². The van der Waals surface area contributed by atoms with Crippen molar-refractivity contribution in [3.05, 3.63) is 22.2 Å². The van der Waals surface area contributed by atoms with Crippen molar-refractivity contribution in [1.29, 1.82) is 0 Å². The smallest absolute Gasteiger partial charge is 0.164 e. The van der Waals surface area contributed by atoms with Crippen LogP contribution in [-0.2, 0) is 6.42 Å². The van der Waals surface area contributed by atoms with E-state index in [2.05, 4.69) is 12.2 Å². The molecule has 3 rings (SSSR count). The summed E-state index contributed by atoms with van der Waals surface area (Å²) >= 11 is 6.48. The van der Waals surface area contributed by atoms with Crippen molar-refractivity contribution in [3.8, 4) is 11.5 Å². The Kier molecular flexibility index (Phi) is 4.37. The number of nitrogens with one attached hydrogen (secondary N) is 1. The molecule has 20 heavy (non-hydrogen) atoms. The first kappa shape index (κ1) is 14.0. The summed E-state index contributed by atoms with van der Waals surface area (Å²) in [6, 6.07) is 2.46. The van der Waals surface area contributed by atoms with E-state index in [1.165, 1.54) is 24.8 Å². The highest BCUT2D eigenvalue weighted by Crippen LogP contribution is 2.39. The van der Waals surface area contributed by atoms with Gasteiger partial charge in [0.05, 0.1) is 13.2 Å². The Bertz CT molecular complexity index is 484. The van der Waals surface area contributed by atoms with Crippen LogP contribution in [0, 0.1) is 6.92 Å². The van der Waals surface area contributed by atoms with Crippen LogP contribution in [0.1, 0.15) is 36.8 Å². The molecule has 0 spiro atoms. The lowest BCUT2D eigenvalue weighted by molar-refractivity contribution is 0.296. The third-order valence-electron chi connectivity index (χ3n) is 4.22. The molecule has 0 aliphatic carbocycles. The third kappa shape index (κ3) is 2.89. The van der Waals surface area contributed by atoms with E-state index < -0.39 is 0 Å². The highest BCUT2D eigenvalue weighted by atomic mass is 35.5. The summed E-state index contributed by atoms with van der Waals surface area (Å²) in [6.07, 6.45) is 5.71. The molecule has 0 aromatic heterocycles. The first-order valence-corrected chi connectivity index (χ1v) is 7.94. The van der Waals surface area contributed by atoms with Gasteiger partial charge in [-0.3, -0.25) is 0 Å². The molecule has 1 N–H and O–H groups in total. The van der Waals surface area contributed by atoms with E-state index in [-0.39, 0.29) is 0 Å². The largest absolute Gasteiger partial charge is 0.489 e. The maximum absolute atomic E-state index is 6.48. The highest BCUT2D eigenvalue weighted by Gasteiger charge is 2.22. The van der Waals surface area contributed by atoms with Gasteiger partial charge in [0.1, 0.15) is 0 Å². The van der Waals surface area contributed by atoms with Gasteiger partial charge in [0.25, 0.3) is 0 Å². The van der Waals surface area contributed by atoms with Crippen LogP contribution in [0.2, 0.25) is 5.02 Å². The summed E-state index contributed by atoms with van der Waals surface area (Å²) in [5.41, 5.74) is 2.34. The van der Waals surface area contributed by atoms with Crippen molar-refractivity contribution in [1.82, 2.24) is 5.32 Å². The molecule has 1 aromatic rings. The Morgan fingerprint density at radius 2 is 2.10 bits per heavy atom. The second kappa shape index (κ2) is 6.23.